The Labute approximate surface area is 231 Å². The minimum absolute atomic E-state index is 0.0256. The Hall–Kier alpha value is -3.56. The van der Waals surface area contributed by atoms with E-state index in [4.69, 9.17) is 28.2 Å². The molecular weight excluding hydrogens is 523 g/mol. The second-order valence-electron chi connectivity index (χ2n) is 9.46. The highest BCUT2D eigenvalue weighted by Gasteiger charge is 2.25. The van der Waals surface area contributed by atoms with Gasteiger partial charge in [-0.2, -0.15) is 0 Å². The minimum atomic E-state index is 0.0256. The Bertz CT molecular complexity index is 1480. The number of aromatic nitrogens is 4. The maximum atomic E-state index is 13.2. The number of hydrogen-bond acceptors (Lipinski definition) is 7. The summed E-state index contributed by atoms with van der Waals surface area (Å²) in [5.41, 5.74) is 5.94. The number of likely N-dealkylation sites (N-methyl/N-ethyl adjacent to an activating group) is 1. The van der Waals surface area contributed by atoms with Crippen LogP contribution in [0.2, 0.25) is 10.0 Å². The molecule has 0 atom stereocenters. The maximum absolute atomic E-state index is 13.2. The van der Waals surface area contributed by atoms with Crippen LogP contribution in [-0.2, 0) is 11.2 Å². The first-order valence-electron chi connectivity index (χ1n) is 12.8. The molecule has 0 unspecified atom stereocenters. The van der Waals surface area contributed by atoms with Gasteiger partial charge >= 0.3 is 0 Å². The molecule has 1 saturated heterocycles. The number of rotatable bonds is 6. The number of nitrogens with zero attached hydrogens (tertiary/aromatic N) is 7. The van der Waals surface area contributed by atoms with Gasteiger partial charge in [0.05, 0.1) is 28.5 Å². The summed E-state index contributed by atoms with van der Waals surface area (Å²) >= 11 is 12.7. The molecule has 3 aromatic heterocycles. The topological polar surface area (TPSA) is 81.9 Å². The summed E-state index contributed by atoms with van der Waals surface area (Å²) in [5.74, 6) is 0.809. The lowest BCUT2D eigenvalue weighted by Crippen LogP contribution is -2.50. The predicted octanol–water partition coefficient (Wildman–Crippen LogP) is 4.24. The number of imidazole rings is 1. The van der Waals surface area contributed by atoms with E-state index in [1.807, 2.05) is 15.5 Å². The third-order valence-corrected chi connectivity index (χ3v) is 7.90. The fourth-order valence-electron chi connectivity index (χ4n) is 5.36. The summed E-state index contributed by atoms with van der Waals surface area (Å²) in [7, 11) is 0. The number of halogens is 2. The largest absolute Gasteiger partial charge is 0.371 e. The van der Waals surface area contributed by atoms with Gasteiger partial charge in [0.15, 0.2) is 5.65 Å². The summed E-state index contributed by atoms with van der Waals surface area (Å²) in [5, 5.41) is 4.42. The first-order chi connectivity index (χ1) is 18.5. The summed E-state index contributed by atoms with van der Waals surface area (Å²) in [6, 6.07) is 6.52. The van der Waals surface area contributed by atoms with Crippen molar-refractivity contribution in [3.05, 3.63) is 64.8 Å². The van der Waals surface area contributed by atoms with E-state index in [0.717, 1.165) is 47.9 Å². The van der Waals surface area contributed by atoms with Crippen molar-refractivity contribution >= 4 is 51.9 Å². The van der Waals surface area contributed by atoms with Crippen LogP contribution < -0.4 is 15.1 Å². The van der Waals surface area contributed by atoms with E-state index in [2.05, 4.69) is 50.2 Å². The zero-order chi connectivity index (χ0) is 26.2. The van der Waals surface area contributed by atoms with E-state index in [1.54, 1.807) is 24.8 Å². The Morgan fingerprint density at radius 2 is 1.82 bits per heavy atom. The number of nitrogens with one attached hydrogen (secondary N) is 1. The van der Waals surface area contributed by atoms with Crippen LogP contribution in [0.15, 0.2) is 49.2 Å². The number of carbonyl (C=O) groups excluding carboxylic acids is 1. The van der Waals surface area contributed by atoms with Crippen LogP contribution in [0.4, 0.5) is 17.2 Å². The first-order valence-corrected chi connectivity index (χ1v) is 13.5. The molecule has 1 aromatic carbocycles. The van der Waals surface area contributed by atoms with Gasteiger partial charge in [-0.1, -0.05) is 35.3 Å². The molecule has 38 heavy (non-hydrogen) atoms. The van der Waals surface area contributed by atoms with E-state index in [1.165, 1.54) is 11.3 Å². The molecule has 4 aromatic rings. The van der Waals surface area contributed by atoms with Crippen molar-refractivity contribution in [2.24, 2.45) is 0 Å². The number of carbonyl (C=O) groups is 1. The molecule has 196 valence electrons. The van der Waals surface area contributed by atoms with Crippen LogP contribution >= 0.6 is 23.2 Å². The molecule has 5 heterocycles. The van der Waals surface area contributed by atoms with Gasteiger partial charge in [-0.15, -0.1) is 0 Å². The highest BCUT2D eigenvalue weighted by atomic mass is 35.5. The second-order valence-corrected chi connectivity index (χ2v) is 10.3. The summed E-state index contributed by atoms with van der Waals surface area (Å²) in [4.78, 5) is 32.7. The average Bonchev–Trinajstić information content (AvgIpc) is 3.52. The fraction of sp³-hybridized carbons (Fsp3) is 0.333. The fourth-order valence-corrected chi connectivity index (χ4v) is 5.96. The quantitative estimate of drug-likeness (QED) is 0.384. The first kappa shape index (κ1) is 24.8. The lowest BCUT2D eigenvalue weighted by Gasteiger charge is -2.36. The molecule has 6 rings (SSSR count). The molecule has 0 spiro atoms. The second kappa shape index (κ2) is 10.3. The molecule has 1 N–H and O–H groups in total. The zero-order valence-electron chi connectivity index (χ0n) is 21.1. The van der Waals surface area contributed by atoms with E-state index in [-0.39, 0.29) is 12.5 Å². The van der Waals surface area contributed by atoms with Crippen molar-refractivity contribution in [2.45, 2.75) is 13.3 Å². The van der Waals surface area contributed by atoms with E-state index >= 15 is 0 Å². The van der Waals surface area contributed by atoms with E-state index in [9.17, 15) is 4.79 Å². The van der Waals surface area contributed by atoms with Crippen LogP contribution in [0, 0.1) is 0 Å². The number of pyridine rings is 1. The van der Waals surface area contributed by atoms with Gasteiger partial charge < -0.3 is 20.0 Å². The number of anilines is 3. The van der Waals surface area contributed by atoms with Gasteiger partial charge in [0.25, 0.3) is 0 Å². The van der Waals surface area contributed by atoms with Gasteiger partial charge in [0, 0.05) is 75.3 Å². The summed E-state index contributed by atoms with van der Waals surface area (Å²) < 4.78 is 1.95. The van der Waals surface area contributed by atoms with Gasteiger partial charge in [0.2, 0.25) is 5.91 Å². The van der Waals surface area contributed by atoms with Crippen molar-refractivity contribution in [3.63, 3.8) is 0 Å². The molecule has 0 saturated carbocycles. The molecule has 1 amide bonds. The Balaban J connectivity index is 1.19. The smallest absolute Gasteiger partial charge is 0.242 e. The molecule has 0 bridgehead atoms. The molecule has 0 radical (unpaired) electrons. The van der Waals surface area contributed by atoms with Crippen molar-refractivity contribution in [2.75, 3.05) is 60.9 Å². The third-order valence-electron chi connectivity index (χ3n) is 7.35. The van der Waals surface area contributed by atoms with Crippen molar-refractivity contribution in [1.82, 2.24) is 24.3 Å². The highest BCUT2D eigenvalue weighted by Crippen LogP contribution is 2.36. The lowest BCUT2D eigenvalue weighted by molar-refractivity contribution is -0.129. The van der Waals surface area contributed by atoms with Gasteiger partial charge in [-0.05, 0) is 25.0 Å². The SMILES string of the molecule is CCN1CCc2ccc(-c3nc4cnccn4c3NCC(=O)N3CCN(c4c(Cl)cncc4Cl)CC3)cc21. The molecular formula is C27H28Cl2N8O. The maximum Gasteiger partial charge on any atom is 0.242 e. The lowest BCUT2D eigenvalue weighted by atomic mass is 10.1. The number of amides is 1. The van der Waals surface area contributed by atoms with E-state index < -0.39 is 0 Å². The molecule has 11 heteroatoms. The van der Waals surface area contributed by atoms with Crippen molar-refractivity contribution < 1.29 is 4.79 Å². The van der Waals surface area contributed by atoms with Crippen LogP contribution in [0.5, 0.6) is 0 Å². The Morgan fingerprint density at radius 1 is 1.03 bits per heavy atom. The van der Waals surface area contributed by atoms with Crippen LogP contribution in [0.3, 0.4) is 0 Å². The van der Waals surface area contributed by atoms with Gasteiger partial charge in [0.1, 0.15) is 11.5 Å². The van der Waals surface area contributed by atoms with Crippen LogP contribution in [-0.4, -0.2) is 76.0 Å². The van der Waals surface area contributed by atoms with Gasteiger partial charge in [-0.25, -0.2) is 4.98 Å². The zero-order valence-corrected chi connectivity index (χ0v) is 22.6. The molecule has 1 fully saturated rings. The molecule has 9 nitrogen and oxygen atoms in total. The standard InChI is InChI=1S/C27H28Cl2N8O/c1-2-34-7-5-18-3-4-19(13-22(18)34)25-27(37-8-6-30-16-23(37)33-25)32-17-24(38)35-9-11-36(12-10-35)26-20(28)14-31-15-21(26)29/h3-4,6,8,13-16,32H,2,5,7,9-12,17H2,1H3. The number of piperazine rings is 1. The summed E-state index contributed by atoms with van der Waals surface area (Å²) in [6.07, 6.45) is 9.57. The Kier molecular flexibility index (Phi) is 6.71. The number of hydrogen-bond donors (Lipinski definition) is 1. The van der Waals surface area contributed by atoms with Gasteiger partial charge in [-0.3, -0.25) is 19.2 Å². The van der Waals surface area contributed by atoms with E-state index in [0.29, 0.717) is 36.2 Å². The third kappa shape index (κ3) is 4.50. The molecule has 2 aliphatic heterocycles. The summed E-state index contributed by atoms with van der Waals surface area (Å²) in [6.45, 7) is 6.79. The average molecular weight is 551 g/mol. The predicted molar refractivity (Wildman–Crippen MR) is 152 cm³/mol. The number of fused-ring (bicyclic) bond motifs is 2. The van der Waals surface area contributed by atoms with Crippen LogP contribution in [0.1, 0.15) is 12.5 Å². The Morgan fingerprint density at radius 3 is 2.58 bits per heavy atom. The monoisotopic (exact) mass is 550 g/mol. The minimum Gasteiger partial charge on any atom is -0.371 e. The molecule has 2 aliphatic rings. The van der Waals surface area contributed by atoms with Crippen LogP contribution in [0.25, 0.3) is 16.9 Å². The molecule has 0 aliphatic carbocycles. The van der Waals surface area contributed by atoms with Crippen molar-refractivity contribution in [1.29, 1.82) is 0 Å². The normalized spacial score (nSPS) is 15.3. The number of benzene rings is 1. The van der Waals surface area contributed by atoms with Crippen molar-refractivity contribution in [3.8, 4) is 11.3 Å². The highest BCUT2D eigenvalue weighted by molar-refractivity contribution is 6.38.